The average Bonchev–Trinajstić information content (AvgIpc) is 2.23. The Labute approximate surface area is 95.2 Å². The Morgan fingerprint density at radius 2 is 2.20 bits per heavy atom. The predicted molar refractivity (Wildman–Crippen MR) is 63.4 cm³/mol. The summed E-state index contributed by atoms with van der Waals surface area (Å²) in [7, 11) is 0. The smallest absolute Gasteiger partial charge is 0.256 e. The predicted octanol–water partition coefficient (Wildman–Crippen LogP) is 2.69. The highest BCUT2D eigenvalue weighted by Gasteiger charge is 2.05. The molecule has 0 aliphatic rings. The molecule has 0 bridgehead atoms. The van der Waals surface area contributed by atoms with Gasteiger partial charge in [-0.3, -0.25) is 4.79 Å². The van der Waals surface area contributed by atoms with Gasteiger partial charge in [-0.1, -0.05) is 15.9 Å². The summed E-state index contributed by atoms with van der Waals surface area (Å²) < 4.78 is 6.31. The molecule has 2 aromatic rings. The minimum atomic E-state index is -0.102. The molecule has 2 rings (SSSR count). The molecule has 3 nitrogen and oxygen atoms in total. The van der Waals surface area contributed by atoms with Gasteiger partial charge in [-0.15, -0.1) is 0 Å². The third-order valence-electron chi connectivity index (χ3n) is 2.13. The van der Waals surface area contributed by atoms with Crippen molar-refractivity contribution in [3.8, 4) is 5.75 Å². The van der Waals surface area contributed by atoms with Crippen molar-refractivity contribution in [3.63, 3.8) is 0 Å². The number of pyridine rings is 1. The highest BCUT2D eigenvalue weighted by Crippen LogP contribution is 2.24. The van der Waals surface area contributed by atoms with Crippen LogP contribution in [0.5, 0.6) is 5.75 Å². The standard InChI is InChI=1S/C11H10BrNO2/c1-2-15-10-6-13-11(14)9-5-7(12)3-4-8(9)10/h3-6H,2H2,1H3,(H,13,14). The van der Waals surface area contributed by atoms with Crippen LogP contribution in [0.1, 0.15) is 6.92 Å². The lowest BCUT2D eigenvalue weighted by Gasteiger charge is -2.06. The Bertz CT molecular complexity index is 548. The second-order valence-corrected chi connectivity index (χ2v) is 4.02. The van der Waals surface area contributed by atoms with Gasteiger partial charge in [0, 0.05) is 16.1 Å². The van der Waals surface area contributed by atoms with Gasteiger partial charge < -0.3 is 9.72 Å². The summed E-state index contributed by atoms with van der Waals surface area (Å²) in [5.74, 6) is 0.708. The topological polar surface area (TPSA) is 42.1 Å². The zero-order valence-electron chi connectivity index (χ0n) is 8.21. The summed E-state index contributed by atoms with van der Waals surface area (Å²) in [6.45, 7) is 2.49. The van der Waals surface area contributed by atoms with Crippen LogP contribution in [0.3, 0.4) is 0 Å². The molecule has 0 fully saturated rings. The van der Waals surface area contributed by atoms with E-state index in [1.807, 2.05) is 19.1 Å². The SMILES string of the molecule is CCOc1c[nH]c(=O)c2cc(Br)ccc12. The van der Waals surface area contributed by atoms with E-state index >= 15 is 0 Å². The summed E-state index contributed by atoms with van der Waals surface area (Å²) in [4.78, 5) is 14.2. The third kappa shape index (κ3) is 1.90. The molecule has 78 valence electrons. The van der Waals surface area contributed by atoms with Gasteiger partial charge in [0.1, 0.15) is 5.75 Å². The van der Waals surface area contributed by atoms with Crippen molar-refractivity contribution >= 4 is 26.7 Å². The van der Waals surface area contributed by atoms with E-state index < -0.39 is 0 Å². The van der Waals surface area contributed by atoms with E-state index in [9.17, 15) is 4.79 Å². The lowest BCUT2D eigenvalue weighted by Crippen LogP contribution is -2.06. The molecule has 15 heavy (non-hydrogen) atoms. The molecule has 0 atom stereocenters. The lowest BCUT2D eigenvalue weighted by molar-refractivity contribution is 0.343. The van der Waals surface area contributed by atoms with E-state index in [0.717, 1.165) is 9.86 Å². The molecule has 0 unspecified atom stereocenters. The maximum atomic E-state index is 11.6. The molecule has 1 aromatic heterocycles. The summed E-state index contributed by atoms with van der Waals surface area (Å²) in [5.41, 5.74) is -0.102. The molecule has 0 amide bonds. The van der Waals surface area contributed by atoms with Crippen molar-refractivity contribution < 1.29 is 4.74 Å². The molecular weight excluding hydrogens is 258 g/mol. The number of H-pyrrole nitrogens is 1. The van der Waals surface area contributed by atoms with Gasteiger partial charge in [0.25, 0.3) is 5.56 Å². The Morgan fingerprint density at radius 3 is 2.93 bits per heavy atom. The molecule has 4 heteroatoms. The van der Waals surface area contributed by atoms with Gasteiger partial charge in [-0.2, -0.15) is 0 Å². The summed E-state index contributed by atoms with van der Waals surface area (Å²) in [6.07, 6.45) is 1.60. The number of benzene rings is 1. The molecule has 1 N–H and O–H groups in total. The molecule has 0 spiro atoms. The highest BCUT2D eigenvalue weighted by atomic mass is 79.9. The van der Waals surface area contributed by atoms with Crippen molar-refractivity contribution in [1.82, 2.24) is 4.98 Å². The molecule has 0 saturated heterocycles. The number of nitrogens with one attached hydrogen (secondary N) is 1. The van der Waals surface area contributed by atoms with Crippen molar-refractivity contribution in [2.75, 3.05) is 6.61 Å². The first kappa shape index (κ1) is 10.2. The number of halogens is 1. The fraction of sp³-hybridized carbons (Fsp3) is 0.182. The van der Waals surface area contributed by atoms with Crippen LogP contribution in [-0.4, -0.2) is 11.6 Å². The number of aromatic nitrogens is 1. The average molecular weight is 268 g/mol. The summed E-state index contributed by atoms with van der Waals surface area (Å²) in [5, 5.41) is 1.47. The third-order valence-corrected chi connectivity index (χ3v) is 2.62. The first-order valence-corrected chi connectivity index (χ1v) is 5.45. The van der Waals surface area contributed by atoms with E-state index in [0.29, 0.717) is 17.7 Å². The van der Waals surface area contributed by atoms with Crippen molar-refractivity contribution in [2.24, 2.45) is 0 Å². The van der Waals surface area contributed by atoms with E-state index in [-0.39, 0.29) is 5.56 Å². The molecule has 0 saturated carbocycles. The first-order chi connectivity index (χ1) is 7.22. The van der Waals surface area contributed by atoms with E-state index in [1.54, 1.807) is 12.3 Å². The van der Waals surface area contributed by atoms with Crippen molar-refractivity contribution in [1.29, 1.82) is 0 Å². The molecule has 0 aliphatic heterocycles. The zero-order valence-corrected chi connectivity index (χ0v) is 9.80. The van der Waals surface area contributed by atoms with Gasteiger partial charge >= 0.3 is 0 Å². The molecule has 0 aliphatic carbocycles. The van der Waals surface area contributed by atoms with Crippen LogP contribution in [0.25, 0.3) is 10.8 Å². The van der Waals surface area contributed by atoms with Gasteiger partial charge in [-0.25, -0.2) is 0 Å². The highest BCUT2D eigenvalue weighted by molar-refractivity contribution is 9.10. The summed E-state index contributed by atoms with van der Waals surface area (Å²) in [6, 6.07) is 5.56. The monoisotopic (exact) mass is 267 g/mol. The minimum Gasteiger partial charge on any atom is -0.492 e. The van der Waals surface area contributed by atoms with Crippen molar-refractivity contribution in [3.05, 3.63) is 39.2 Å². The van der Waals surface area contributed by atoms with E-state index in [4.69, 9.17) is 4.74 Å². The van der Waals surface area contributed by atoms with E-state index in [2.05, 4.69) is 20.9 Å². The summed E-state index contributed by atoms with van der Waals surface area (Å²) >= 11 is 3.34. The number of hydrogen-bond acceptors (Lipinski definition) is 2. The van der Waals surface area contributed by atoms with Gasteiger partial charge in [0.15, 0.2) is 0 Å². The van der Waals surface area contributed by atoms with Crippen LogP contribution < -0.4 is 10.3 Å². The first-order valence-electron chi connectivity index (χ1n) is 4.66. The van der Waals surface area contributed by atoms with Crippen LogP contribution in [0, 0.1) is 0 Å². The van der Waals surface area contributed by atoms with Gasteiger partial charge in [0.2, 0.25) is 0 Å². The van der Waals surface area contributed by atoms with E-state index in [1.165, 1.54) is 0 Å². The number of aromatic amines is 1. The van der Waals surface area contributed by atoms with Gasteiger partial charge in [-0.05, 0) is 25.1 Å². The fourth-order valence-corrected chi connectivity index (χ4v) is 1.84. The second-order valence-electron chi connectivity index (χ2n) is 3.10. The molecule has 1 heterocycles. The van der Waals surface area contributed by atoms with Gasteiger partial charge in [0.05, 0.1) is 12.0 Å². The van der Waals surface area contributed by atoms with Crippen LogP contribution in [0.4, 0.5) is 0 Å². The van der Waals surface area contributed by atoms with Crippen LogP contribution in [-0.2, 0) is 0 Å². The maximum Gasteiger partial charge on any atom is 0.256 e. The maximum absolute atomic E-state index is 11.6. The molecule has 0 radical (unpaired) electrons. The van der Waals surface area contributed by atoms with Crippen molar-refractivity contribution in [2.45, 2.75) is 6.92 Å². The Balaban J connectivity index is 2.76. The van der Waals surface area contributed by atoms with Crippen LogP contribution in [0.15, 0.2) is 33.7 Å². The largest absolute Gasteiger partial charge is 0.492 e. The number of rotatable bonds is 2. The number of ether oxygens (including phenoxy) is 1. The molecule has 1 aromatic carbocycles. The normalized spacial score (nSPS) is 10.5. The zero-order chi connectivity index (χ0) is 10.8. The number of hydrogen-bond donors (Lipinski definition) is 1. The minimum absolute atomic E-state index is 0.102. The fourth-order valence-electron chi connectivity index (χ4n) is 1.48. The quantitative estimate of drug-likeness (QED) is 0.909. The Morgan fingerprint density at radius 1 is 1.40 bits per heavy atom. The Kier molecular flexibility index (Phi) is 2.77. The lowest BCUT2D eigenvalue weighted by atomic mass is 10.1. The number of fused-ring (bicyclic) bond motifs is 1. The van der Waals surface area contributed by atoms with Crippen LogP contribution in [0.2, 0.25) is 0 Å². The molecular formula is C11H10BrNO2. The van der Waals surface area contributed by atoms with Crippen LogP contribution >= 0.6 is 15.9 Å². The second kappa shape index (κ2) is 4.06. The Hall–Kier alpha value is -1.29.